The van der Waals surface area contributed by atoms with Gasteiger partial charge in [0.15, 0.2) is 5.11 Å². The number of hydrogen-bond donors (Lipinski definition) is 1. The number of ether oxygens (including phenoxy) is 1. The van der Waals surface area contributed by atoms with Crippen molar-refractivity contribution in [1.29, 1.82) is 0 Å². The van der Waals surface area contributed by atoms with Crippen molar-refractivity contribution in [2.24, 2.45) is 0 Å². The van der Waals surface area contributed by atoms with Crippen molar-refractivity contribution >= 4 is 40.9 Å². The van der Waals surface area contributed by atoms with Gasteiger partial charge < -0.3 is 9.15 Å². The molecule has 1 aliphatic heterocycles. The summed E-state index contributed by atoms with van der Waals surface area (Å²) in [5, 5.41) is 2.55. The van der Waals surface area contributed by atoms with Crippen molar-refractivity contribution in [3.63, 3.8) is 0 Å². The highest BCUT2D eigenvalue weighted by atomic mass is 32.1. The summed E-state index contributed by atoms with van der Waals surface area (Å²) in [6, 6.07) is 10.2. The number of nitrogens with zero attached hydrogens (tertiary/aromatic N) is 1. The minimum atomic E-state index is -0.552. The van der Waals surface area contributed by atoms with Crippen LogP contribution in [-0.2, 0) is 9.59 Å². The summed E-state index contributed by atoms with van der Waals surface area (Å²) in [4.78, 5) is 26.1. The van der Waals surface area contributed by atoms with Gasteiger partial charge in [0.1, 0.15) is 22.8 Å². The Morgan fingerprint density at radius 3 is 2.46 bits per heavy atom. The Bertz CT molecular complexity index is 852. The van der Waals surface area contributed by atoms with Gasteiger partial charge in [-0.3, -0.25) is 19.8 Å². The summed E-state index contributed by atoms with van der Waals surface area (Å²) in [6.45, 7) is 1.78. The fourth-order valence-electron chi connectivity index (χ4n) is 2.30. The number of aryl methyl sites for hydroxylation is 1. The van der Waals surface area contributed by atoms with E-state index in [0.29, 0.717) is 23.0 Å². The first-order chi connectivity index (χ1) is 11.5. The van der Waals surface area contributed by atoms with Crippen molar-refractivity contribution in [2.75, 3.05) is 12.0 Å². The molecular weight excluding hydrogens is 328 g/mol. The van der Waals surface area contributed by atoms with Gasteiger partial charge in [0.05, 0.1) is 12.8 Å². The largest absolute Gasteiger partial charge is 0.497 e. The fourth-order valence-corrected chi connectivity index (χ4v) is 2.58. The molecule has 2 amide bonds. The zero-order chi connectivity index (χ0) is 17.3. The number of carbonyl (C=O) groups is 2. The van der Waals surface area contributed by atoms with Crippen LogP contribution >= 0.6 is 12.2 Å². The zero-order valence-corrected chi connectivity index (χ0v) is 13.8. The Labute approximate surface area is 143 Å². The van der Waals surface area contributed by atoms with Crippen LogP contribution in [0.1, 0.15) is 11.5 Å². The lowest BCUT2D eigenvalue weighted by Gasteiger charge is -2.28. The van der Waals surface area contributed by atoms with Crippen LogP contribution in [0.25, 0.3) is 6.08 Å². The number of furan rings is 1. The van der Waals surface area contributed by atoms with E-state index in [9.17, 15) is 9.59 Å². The molecular formula is C17H14N2O4S. The van der Waals surface area contributed by atoms with E-state index in [2.05, 4.69) is 5.32 Å². The van der Waals surface area contributed by atoms with E-state index in [4.69, 9.17) is 21.4 Å². The van der Waals surface area contributed by atoms with Crippen LogP contribution < -0.4 is 15.0 Å². The number of benzene rings is 1. The summed E-state index contributed by atoms with van der Waals surface area (Å²) in [6.07, 6.45) is 1.41. The SMILES string of the molecule is COc1ccc(N2C(=O)/C(=C\c3ccc(C)o3)C(=O)NC2=S)cc1. The Hall–Kier alpha value is -2.93. The zero-order valence-electron chi connectivity index (χ0n) is 13.0. The second kappa shape index (κ2) is 6.29. The molecule has 0 saturated carbocycles. The summed E-state index contributed by atoms with van der Waals surface area (Å²) >= 11 is 5.14. The second-order valence-electron chi connectivity index (χ2n) is 5.10. The molecule has 2 heterocycles. The van der Waals surface area contributed by atoms with Crippen molar-refractivity contribution < 1.29 is 18.7 Å². The lowest BCUT2D eigenvalue weighted by Crippen LogP contribution is -2.54. The summed E-state index contributed by atoms with van der Waals surface area (Å²) < 4.78 is 10.5. The molecule has 1 N–H and O–H groups in total. The third-order valence-electron chi connectivity index (χ3n) is 3.48. The van der Waals surface area contributed by atoms with E-state index in [0.717, 1.165) is 0 Å². The normalized spacial score (nSPS) is 16.5. The van der Waals surface area contributed by atoms with Crippen LogP contribution in [-0.4, -0.2) is 24.0 Å². The van der Waals surface area contributed by atoms with E-state index in [1.807, 2.05) is 0 Å². The molecule has 2 aromatic rings. The number of rotatable bonds is 3. The molecule has 0 aliphatic carbocycles. The van der Waals surface area contributed by atoms with Crippen molar-refractivity contribution in [3.05, 3.63) is 53.5 Å². The minimum absolute atomic E-state index is 0.0305. The highest BCUT2D eigenvalue weighted by molar-refractivity contribution is 7.80. The number of hydrogen-bond acceptors (Lipinski definition) is 5. The lowest BCUT2D eigenvalue weighted by molar-refractivity contribution is -0.122. The number of carbonyl (C=O) groups excluding carboxylic acids is 2. The van der Waals surface area contributed by atoms with Crippen LogP contribution in [0.15, 0.2) is 46.4 Å². The molecule has 0 unspecified atom stereocenters. The number of methoxy groups -OCH3 is 1. The molecule has 122 valence electrons. The summed E-state index contributed by atoms with van der Waals surface area (Å²) in [7, 11) is 1.55. The van der Waals surface area contributed by atoms with E-state index in [-0.39, 0.29) is 10.7 Å². The maximum Gasteiger partial charge on any atom is 0.270 e. The third-order valence-corrected chi connectivity index (χ3v) is 3.76. The molecule has 7 heteroatoms. The quantitative estimate of drug-likeness (QED) is 0.527. The molecule has 1 fully saturated rings. The minimum Gasteiger partial charge on any atom is -0.497 e. The first kappa shape index (κ1) is 15.9. The highest BCUT2D eigenvalue weighted by Crippen LogP contribution is 2.24. The molecule has 0 bridgehead atoms. The number of nitrogens with one attached hydrogen (secondary N) is 1. The predicted octanol–water partition coefficient (Wildman–Crippen LogP) is 2.43. The van der Waals surface area contributed by atoms with Gasteiger partial charge in [-0.05, 0) is 61.6 Å². The average molecular weight is 342 g/mol. The summed E-state index contributed by atoms with van der Waals surface area (Å²) in [5.41, 5.74) is 0.487. The molecule has 0 atom stereocenters. The monoisotopic (exact) mass is 342 g/mol. The average Bonchev–Trinajstić information content (AvgIpc) is 2.97. The highest BCUT2D eigenvalue weighted by Gasteiger charge is 2.34. The molecule has 0 radical (unpaired) electrons. The smallest absolute Gasteiger partial charge is 0.270 e. The van der Waals surface area contributed by atoms with Crippen LogP contribution in [0.2, 0.25) is 0 Å². The topological polar surface area (TPSA) is 71.8 Å². The fraction of sp³-hybridized carbons (Fsp3) is 0.118. The first-order valence-electron chi connectivity index (χ1n) is 7.11. The van der Waals surface area contributed by atoms with Gasteiger partial charge in [0.2, 0.25) is 0 Å². The Morgan fingerprint density at radius 1 is 1.17 bits per heavy atom. The first-order valence-corrected chi connectivity index (χ1v) is 7.52. The Balaban J connectivity index is 1.97. The summed E-state index contributed by atoms with van der Waals surface area (Å²) in [5.74, 6) is 0.702. The van der Waals surface area contributed by atoms with Crippen LogP contribution in [0.3, 0.4) is 0 Å². The molecule has 6 nitrogen and oxygen atoms in total. The number of amides is 2. The molecule has 3 rings (SSSR count). The Morgan fingerprint density at radius 2 is 1.88 bits per heavy atom. The second-order valence-corrected chi connectivity index (χ2v) is 5.49. The van der Waals surface area contributed by atoms with E-state index >= 15 is 0 Å². The van der Waals surface area contributed by atoms with Crippen LogP contribution in [0.4, 0.5) is 5.69 Å². The van der Waals surface area contributed by atoms with Gasteiger partial charge in [-0.1, -0.05) is 0 Å². The van der Waals surface area contributed by atoms with E-state index in [1.165, 1.54) is 11.0 Å². The van der Waals surface area contributed by atoms with Crippen LogP contribution in [0, 0.1) is 6.92 Å². The molecule has 1 saturated heterocycles. The van der Waals surface area contributed by atoms with E-state index in [1.54, 1.807) is 50.4 Å². The Kier molecular flexibility index (Phi) is 4.18. The number of thiocarbonyl (C=S) groups is 1. The molecule has 1 aromatic carbocycles. The van der Waals surface area contributed by atoms with Gasteiger partial charge in [-0.25, -0.2) is 0 Å². The maximum absolute atomic E-state index is 12.7. The molecule has 1 aliphatic rings. The predicted molar refractivity (Wildman–Crippen MR) is 92.6 cm³/mol. The van der Waals surface area contributed by atoms with Gasteiger partial charge in [-0.15, -0.1) is 0 Å². The van der Waals surface area contributed by atoms with Crippen molar-refractivity contribution in [1.82, 2.24) is 5.32 Å². The van der Waals surface area contributed by atoms with Crippen molar-refractivity contribution in [2.45, 2.75) is 6.92 Å². The number of anilines is 1. The van der Waals surface area contributed by atoms with Gasteiger partial charge in [-0.2, -0.15) is 0 Å². The third kappa shape index (κ3) is 2.93. The lowest BCUT2D eigenvalue weighted by atomic mass is 10.1. The van der Waals surface area contributed by atoms with Crippen LogP contribution in [0.5, 0.6) is 5.75 Å². The van der Waals surface area contributed by atoms with Gasteiger partial charge >= 0.3 is 0 Å². The van der Waals surface area contributed by atoms with Gasteiger partial charge in [0.25, 0.3) is 11.8 Å². The standard InChI is InChI=1S/C17H14N2O4S/c1-10-3-6-13(23-10)9-14-15(20)18-17(24)19(16(14)21)11-4-7-12(22-2)8-5-11/h3-9H,1-2H3,(H,18,20,24)/b14-9-. The van der Waals surface area contributed by atoms with E-state index < -0.39 is 11.8 Å². The van der Waals surface area contributed by atoms with Crippen molar-refractivity contribution in [3.8, 4) is 5.75 Å². The van der Waals surface area contributed by atoms with Gasteiger partial charge in [0, 0.05) is 0 Å². The maximum atomic E-state index is 12.7. The molecule has 0 spiro atoms. The molecule has 1 aromatic heterocycles. The molecule has 24 heavy (non-hydrogen) atoms.